The molecule has 4 nitrogen and oxygen atoms in total. The predicted molar refractivity (Wildman–Crippen MR) is 79.2 cm³/mol. The van der Waals surface area contributed by atoms with Gasteiger partial charge in [-0.1, -0.05) is 6.07 Å². The van der Waals surface area contributed by atoms with Crippen molar-refractivity contribution in [1.29, 1.82) is 0 Å². The largest absolute Gasteiger partial charge is 0.378 e. The first-order valence-corrected chi connectivity index (χ1v) is 7.37. The van der Waals surface area contributed by atoms with E-state index in [0.29, 0.717) is 32.2 Å². The molecule has 0 aromatic heterocycles. The van der Waals surface area contributed by atoms with Gasteiger partial charge in [0, 0.05) is 43.3 Å². The van der Waals surface area contributed by atoms with Crippen molar-refractivity contribution in [2.24, 2.45) is 0 Å². The molecule has 0 spiro atoms. The molecule has 2 rings (SSSR count). The first-order chi connectivity index (χ1) is 10.2. The summed E-state index contributed by atoms with van der Waals surface area (Å²) in [5.41, 5.74) is -0.166. The molecule has 1 aliphatic heterocycles. The standard InChI is InChI=1S/C16H22F2N2O2/c1-16(2,3)20-8-6-19(7-9-20)15(22)14(21)12-5-4-11(17)10-13(12)18/h4-5,10,14,21H,6-9H2,1-3H3. The van der Waals surface area contributed by atoms with Crippen molar-refractivity contribution < 1.29 is 18.7 Å². The number of aliphatic hydroxyl groups is 1. The van der Waals surface area contributed by atoms with Gasteiger partial charge in [0.2, 0.25) is 0 Å². The van der Waals surface area contributed by atoms with Crippen LogP contribution < -0.4 is 0 Å². The zero-order chi connectivity index (χ0) is 16.5. The van der Waals surface area contributed by atoms with Crippen molar-refractivity contribution in [3.05, 3.63) is 35.4 Å². The number of rotatable bonds is 2. The number of halogens is 2. The average molecular weight is 312 g/mol. The topological polar surface area (TPSA) is 43.8 Å². The highest BCUT2D eigenvalue weighted by molar-refractivity contribution is 5.82. The number of carbonyl (C=O) groups excluding carboxylic acids is 1. The maximum atomic E-state index is 13.7. The number of hydrogen-bond donors (Lipinski definition) is 1. The molecule has 1 aromatic rings. The average Bonchev–Trinajstić information content (AvgIpc) is 2.45. The summed E-state index contributed by atoms with van der Waals surface area (Å²) in [7, 11) is 0. The highest BCUT2D eigenvalue weighted by Crippen LogP contribution is 2.22. The van der Waals surface area contributed by atoms with Crippen LogP contribution in [0.5, 0.6) is 0 Å². The van der Waals surface area contributed by atoms with Crippen LogP contribution in [0, 0.1) is 11.6 Å². The van der Waals surface area contributed by atoms with E-state index in [0.717, 1.165) is 12.1 Å². The van der Waals surface area contributed by atoms with Gasteiger partial charge in [0.15, 0.2) is 6.10 Å². The third-order valence-corrected chi connectivity index (χ3v) is 4.03. The van der Waals surface area contributed by atoms with Crippen LogP contribution in [0.15, 0.2) is 18.2 Å². The smallest absolute Gasteiger partial charge is 0.256 e. The second-order valence-corrected chi connectivity index (χ2v) is 6.55. The third kappa shape index (κ3) is 3.62. The van der Waals surface area contributed by atoms with Crippen LogP contribution in [0.1, 0.15) is 32.4 Å². The lowest BCUT2D eigenvalue weighted by molar-refractivity contribution is -0.143. The number of benzene rings is 1. The van der Waals surface area contributed by atoms with E-state index in [1.165, 1.54) is 4.90 Å². The van der Waals surface area contributed by atoms with Gasteiger partial charge in [0.05, 0.1) is 0 Å². The number of nitrogens with zero attached hydrogens (tertiary/aromatic N) is 2. The number of hydrogen-bond acceptors (Lipinski definition) is 3. The molecule has 1 atom stereocenters. The Morgan fingerprint density at radius 3 is 2.27 bits per heavy atom. The summed E-state index contributed by atoms with van der Waals surface area (Å²) >= 11 is 0. The molecule has 1 fully saturated rings. The Kier molecular flexibility index (Phi) is 4.82. The van der Waals surface area contributed by atoms with E-state index in [1.54, 1.807) is 0 Å². The summed E-state index contributed by atoms with van der Waals surface area (Å²) in [5, 5.41) is 10.1. The Morgan fingerprint density at radius 2 is 1.77 bits per heavy atom. The van der Waals surface area contributed by atoms with Crippen LogP contribution in [0.4, 0.5) is 8.78 Å². The second kappa shape index (κ2) is 6.30. The maximum Gasteiger partial charge on any atom is 0.256 e. The molecular weight excluding hydrogens is 290 g/mol. The molecule has 1 amide bonds. The van der Waals surface area contributed by atoms with Gasteiger partial charge in [-0.15, -0.1) is 0 Å². The van der Waals surface area contributed by atoms with E-state index in [2.05, 4.69) is 25.7 Å². The van der Waals surface area contributed by atoms with Gasteiger partial charge < -0.3 is 10.0 Å². The number of amides is 1. The summed E-state index contributed by atoms with van der Waals surface area (Å²) in [4.78, 5) is 16.1. The third-order valence-electron chi connectivity index (χ3n) is 4.03. The second-order valence-electron chi connectivity index (χ2n) is 6.55. The first kappa shape index (κ1) is 16.8. The Bertz CT molecular complexity index is 550. The molecule has 0 radical (unpaired) electrons. The summed E-state index contributed by atoms with van der Waals surface area (Å²) in [5.74, 6) is -2.19. The van der Waals surface area contributed by atoms with E-state index in [1.807, 2.05) is 0 Å². The molecule has 22 heavy (non-hydrogen) atoms. The molecule has 6 heteroatoms. The molecule has 0 saturated carbocycles. The fourth-order valence-corrected chi connectivity index (χ4v) is 2.63. The van der Waals surface area contributed by atoms with E-state index in [-0.39, 0.29) is 11.1 Å². The minimum Gasteiger partial charge on any atom is -0.378 e. The van der Waals surface area contributed by atoms with Crippen molar-refractivity contribution >= 4 is 5.91 Å². The minimum absolute atomic E-state index is 0.0246. The van der Waals surface area contributed by atoms with Crippen LogP contribution >= 0.6 is 0 Å². The van der Waals surface area contributed by atoms with Crippen LogP contribution in [0.25, 0.3) is 0 Å². The van der Waals surface area contributed by atoms with Gasteiger partial charge in [-0.3, -0.25) is 9.69 Å². The highest BCUT2D eigenvalue weighted by Gasteiger charge is 2.31. The number of piperazine rings is 1. The Balaban J connectivity index is 2.03. The molecule has 1 aliphatic rings. The van der Waals surface area contributed by atoms with Crippen LogP contribution in [0.3, 0.4) is 0 Å². The monoisotopic (exact) mass is 312 g/mol. The summed E-state index contributed by atoms with van der Waals surface area (Å²) in [6, 6.07) is 2.81. The van der Waals surface area contributed by atoms with Gasteiger partial charge in [0.1, 0.15) is 11.6 Å². The quantitative estimate of drug-likeness (QED) is 0.908. The van der Waals surface area contributed by atoms with E-state index < -0.39 is 23.6 Å². The Hall–Kier alpha value is -1.53. The SMILES string of the molecule is CC(C)(C)N1CCN(C(=O)C(O)c2ccc(F)cc2F)CC1. The van der Waals surface area contributed by atoms with Crippen molar-refractivity contribution in [2.75, 3.05) is 26.2 Å². The zero-order valence-corrected chi connectivity index (χ0v) is 13.1. The number of carbonyl (C=O) groups is 1. The van der Waals surface area contributed by atoms with Gasteiger partial charge in [-0.25, -0.2) is 8.78 Å². The minimum atomic E-state index is -1.60. The molecule has 0 bridgehead atoms. The van der Waals surface area contributed by atoms with E-state index in [9.17, 15) is 18.7 Å². The zero-order valence-electron chi connectivity index (χ0n) is 13.1. The van der Waals surface area contributed by atoms with Crippen molar-refractivity contribution in [2.45, 2.75) is 32.4 Å². The molecule has 1 saturated heterocycles. The fourth-order valence-electron chi connectivity index (χ4n) is 2.63. The Labute approximate surface area is 129 Å². The van der Waals surface area contributed by atoms with Crippen molar-refractivity contribution in [1.82, 2.24) is 9.80 Å². The van der Waals surface area contributed by atoms with Crippen LogP contribution in [-0.4, -0.2) is 52.5 Å². The molecule has 122 valence electrons. The van der Waals surface area contributed by atoms with Gasteiger partial charge in [-0.05, 0) is 26.8 Å². The molecule has 1 aromatic carbocycles. The molecule has 0 aliphatic carbocycles. The molecule has 1 unspecified atom stereocenters. The summed E-state index contributed by atoms with van der Waals surface area (Å²) in [6.07, 6.45) is -1.60. The lowest BCUT2D eigenvalue weighted by atomic mass is 10.0. The molecular formula is C16H22F2N2O2. The lowest BCUT2D eigenvalue weighted by Crippen LogP contribution is -2.55. The maximum absolute atomic E-state index is 13.7. The van der Waals surface area contributed by atoms with E-state index in [4.69, 9.17) is 0 Å². The van der Waals surface area contributed by atoms with Crippen molar-refractivity contribution in [3.63, 3.8) is 0 Å². The Morgan fingerprint density at radius 1 is 1.18 bits per heavy atom. The van der Waals surface area contributed by atoms with Crippen molar-refractivity contribution in [3.8, 4) is 0 Å². The van der Waals surface area contributed by atoms with Gasteiger partial charge in [-0.2, -0.15) is 0 Å². The molecule has 1 heterocycles. The van der Waals surface area contributed by atoms with Gasteiger partial charge in [0.25, 0.3) is 5.91 Å². The number of aliphatic hydroxyl groups excluding tert-OH is 1. The summed E-state index contributed by atoms with van der Waals surface area (Å²) in [6.45, 7) is 8.68. The normalized spacial score (nSPS) is 18.4. The van der Waals surface area contributed by atoms with Crippen LogP contribution in [-0.2, 0) is 4.79 Å². The lowest BCUT2D eigenvalue weighted by Gasteiger charge is -2.42. The van der Waals surface area contributed by atoms with E-state index >= 15 is 0 Å². The fraction of sp³-hybridized carbons (Fsp3) is 0.562. The summed E-state index contributed by atoms with van der Waals surface area (Å²) < 4.78 is 26.6. The highest BCUT2D eigenvalue weighted by atomic mass is 19.1. The predicted octanol–water partition coefficient (Wildman–Crippen LogP) is 1.94. The van der Waals surface area contributed by atoms with Crippen LogP contribution in [0.2, 0.25) is 0 Å². The first-order valence-electron chi connectivity index (χ1n) is 7.37. The molecule has 1 N–H and O–H groups in total. The van der Waals surface area contributed by atoms with Gasteiger partial charge >= 0.3 is 0 Å².